The van der Waals surface area contributed by atoms with Crippen LogP contribution >= 0.6 is 15.9 Å². The van der Waals surface area contributed by atoms with Gasteiger partial charge in [0.2, 0.25) is 5.91 Å². The van der Waals surface area contributed by atoms with Crippen molar-refractivity contribution < 1.29 is 9.59 Å². The number of halogens is 1. The Labute approximate surface area is 128 Å². The Bertz CT molecular complexity index is 475. The van der Waals surface area contributed by atoms with E-state index < -0.39 is 0 Å². The molecule has 0 fully saturated rings. The first-order valence-electron chi connectivity index (χ1n) is 6.77. The Balaban J connectivity index is 2.82. The molecule has 1 aromatic rings. The van der Waals surface area contributed by atoms with Crippen LogP contribution in [0.4, 0.5) is 5.69 Å². The molecule has 0 aliphatic heterocycles. The number of hydrogen-bond acceptors (Lipinski definition) is 2. The van der Waals surface area contributed by atoms with E-state index in [-0.39, 0.29) is 16.6 Å². The number of alkyl halides is 1. The van der Waals surface area contributed by atoms with Gasteiger partial charge in [0.1, 0.15) is 0 Å². The van der Waals surface area contributed by atoms with Crippen LogP contribution in [0.3, 0.4) is 0 Å². The second-order valence-electron chi connectivity index (χ2n) is 5.01. The molecule has 0 saturated heterocycles. The minimum absolute atomic E-state index is 0.142. The molecule has 1 aromatic carbocycles. The highest BCUT2D eigenvalue weighted by Crippen LogP contribution is 2.17. The van der Waals surface area contributed by atoms with Gasteiger partial charge in [-0.15, -0.1) is 0 Å². The van der Waals surface area contributed by atoms with Gasteiger partial charge < -0.3 is 10.6 Å². The molecular weight excluding hydrogens is 320 g/mol. The number of nitrogens with one attached hydrogen (secondary N) is 2. The van der Waals surface area contributed by atoms with Gasteiger partial charge in [0.05, 0.1) is 16.1 Å². The highest BCUT2D eigenvalue weighted by atomic mass is 79.9. The number of anilines is 1. The largest absolute Gasteiger partial charge is 0.352 e. The Morgan fingerprint density at radius 1 is 1.25 bits per heavy atom. The molecule has 0 aromatic heterocycles. The van der Waals surface area contributed by atoms with E-state index in [1.807, 2.05) is 20.8 Å². The van der Waals surface area contributed by atoms with Crippen molar-refractivity contribution >= 4 is 33.4 Å². The van der Waals surface area contributed by atoms with Crippen LogP contribution in [0.5, 0.6) is 0 Å². The maximum Gasteiger partial charge on any atom is 0.253 e. The minimum atomic E-state index is -0.255. The first-order chi connectivity index (χ1) is 9.45. The molecule has 2 N–H and O–H groups in total. The fourth-order valence-corrected chi connectivity index (χ4v) is 1.69. The predicted octanol–water partition coefficient (Wildman–Crippen LogP) is 3.18. The number of benzene rings is 1. The Morgan fingerprint density at radius 3 is 2.50 bits per heavy atom. The lowest BCUT2D eigenvalue weighted by Gasteiger charge is -2.13. The lowest BCUT2D eigenvalue weighted by Crippen LogP contribution is -2.29. The number of rotatable bonds is 6. The molecule has 0 heterocycles. The highest BCUT2D eigenvalue weighted by molar-refractivity contribution is 9.10. The van der Waals surface area contributed by atoms with Crippen LogP contribution in [0.2, 0.25) is 0 Å². The molecule has 0 radical (unpaired) electrons. The van der Waals surface area contributed by atoms with E-state index in [1.54, 1.807) is 24.3 Å². The van der Waals surface area contributed by atoms with Gasteiger partial charge in [-0.05, 0) is 24.5 Å². The van der Waals surface area contributed by atoms with E-state index >= 15 is 0 Å². The van der Waals surface area contributed by atoms with E-state index in [4.69, 9.17) is 0 Å². The summed E-state index contributed by atoms with van der Waals surface area (Å²) in [6, 6.07) is 7.02. The van der Waals surface area contributed by atoms with Crippen molar-refractivity contribution in [2.24, 2.45) is 5.92 Å². The molecule has 1 atom stereocenters. The molecule has 2 amide bonds. The van der Waals surface area contributed by atoms with Crippen LogP contribution in [0.25, 0.3) is 0 Å². The fraction of sp³-hybridized carbons (Fsp3) is 0.467. The molecule has 0 aliphatic rings. The van der Waals surface area contributed by atoms with Gasteiger partial charge in [-0.2, -0.15) is 0 Å². The molecule has 0 bridgehead atoms. The van der Waals surface area contributed by atoms with Gasteiger partial charge >= 0.3 is 0 Å². The van der Waals surface area contributed by atoms with Crippen LogP contribution in [0, 0.1) is 5.92 Å². The summed E-state index contributed by atoms with van der Waals surface area (Å²) in [4.78, 5) is 23.8. The maximum absolute atomic E-state index is 12.1. The quantitative estimate of drug-likeness (QED) is 0.781. The summed E-state index contributed by atoms with van der Waals surface area (Å²) in [6.07, 6.45) is 0.688. The van der Waals surface area contributed by atoms with Gasteiger partial charge in [0.25, 0.3) is 5.91 Å². The lowest BCUT2D eigenvalue weighted by atomic mass is 10.1. The molecule has 4 nitrogen and oxygen atoms in total. The van der Waals surface area contributed by atoms with Gasteiger partial charge in [0, 0.05) is 6.54 Å². The van der Waals surface area contributed by atoms with Gasteiger partial charge in [-0.3, -0.25) is 9.59 Å². The summed E-state index contributed by atoms with van der Waals surface area (Å²) in [5.41, 5.74) is 1.02. The van der Waals surface area contributed by atoms with E-state index in [2.05, 4.69) is 26.6 Å². The van der Waals surface area contributed by atoms with Crippen molar-refractivity contribution in [2.45, 2.75) is 32.0 Å². The van der Waals surface area contributed by atoms with Crippen LogP contribution in [0.15, 0.2) is 24.3 Å². The second-order valence-corrected chi connectivity index (χ2v) is 6.12. The van der Waals surface area contributed by atoms with Crippen molar-refractivity contribution in [2.75, 3.05) is 11.9 Å². The van der Waals surface area contributed by atoms with Gasteiger partial charge in [-0.25, -0.2) is 0 Å². The Morgan fingerprint density at radius 2 is 1.90 bits per heavy atom. The monoisotopic (exact) mass is 340 g/mol. The van der Waals surface area contributed by atoms with Crippen molar-refractivity contribution in [3.63, 3.8) is 0 Å². The second kappa shape index (κ2) is 8.04. The maximum atomic E-state index is 12.1. The van der Waals surface area contributed by atoms with E-state index in [1.165, 1.54) is 0 Å². The SMILES string of the molecule is CCC(Br)C(=O)Nc1ccccc1C(=O)NCC(C)C. The summed E-state index contributed by atoms with van der Waals surface area (Å²) < 4.78 is 0. The average molecular weight is 341 g/mol. The summed E-state index contributed by atoms with van der Waals surface area (Å²) in [5.74, 6) is 0.0709. The van der Waals surface area contributed by atoms with Crippen LogP contribution < -0.4 is 10.6 Å². The fourth-order valence-electron chi connectivity index (χ4n) is 1.58. The predicted molar refractivity (Wildman–Crippen MR) is 85.2 cm³/mol. The highest BCUT2D eigenvalue weighted by Gasteiger charge is 2.16. The molecule has 0 aliphatic carbocycles. The first kappa shape index (κ1) is 16.7. The summed E-state index contributed by atoms with van der Waals surface area (Å²) in [7, 11) is 0. The minimum Gasteiger partial charge on any atom is -0.352 e. The summed E-state index contributed by atoms with van der Waals surface area (Å²) >= 11 is 3.30. The zero-order valence-electron chi connectivity index (χ0n) is 12.1. The third-order valence-electron chi connectivity index (χ3n) is 2.74. The topological polar surface area (TPSA) is 58.2 Å². The Hall–Kier alpha value is -1.36. The zero-order valence-corrected chi connectivity index (χ0v) is 13.7. The molecule has 1 rings (SSSR count). The number of carbonyl (C=O) groups excluding carboxylic acids is 2. The Kier molecular flexibility index (Phi) is 6.71. The smallest absolute Gasteiger partial charge is 0.253 e. The van der Waals surface area contributed by atoms with Crippen LogP contribution in [-0.4, -0.2) is 23.2 Å². The number of amides is 2. The molecule has 20 heavy (non-hydrogen) atoms. The summed E-state index contributed by atoms with van der Waals surface area (Å²) in [6.45, 7) is 6.59. The van der Waals surface area contributed by atoms with Crippen LogP contribution in [-0.2, 0) is 4.79 Å². The number of carbonyl (C=O) groups is 2. The van der Waals surface area contributed by atoms with Gasteiger partial charge in [0.15, 0.2) is 0 Å². The van der Waals surface area contributed by atoms with E-state index in [9.17, 15) is 9.59 Å². The van der Waals surface area contributed by atoms with E-state index in [0.717, 1.165) is 0 Å². The number of hydrogen-bond donors (Lipinski definition) is 2. The number of para-hydroxylation sites is 1. The van der Waals surface area contributed by atoms with Gasteiger partial charge in [-0.1, -0.05) is 48.8 Å². The molecule has 0 spiro atoms. The van der Waals surface area contributed by atoms with Crippen LogP contribution in [0.1, 0.15) is 37.6 Å². The van der Waals surface area contributed by atoms with E-state index in [0.29, 0.717) is 30.1 Å². The first-order valence-corrected chi connectivity index (χ1v) is 7.69. The third-order valence-corrected chi connectivity index (χ3v) is 3.81. The normalized spacial score (nSPS) is 12.1. The van der Waals surface area contributed by atoms with Crippen molar-refractivity contribution in [1.82, 2.24) is 5.32 Å². The van der Waals surface area contributed by atoms with Crippen molar-refractivity contribution in [3.8, 4) is 0 Å². The zero-order chi connectivity index (χ0) is 15.1. The summed E-state index contributed by atoms with van der Waals surface area (Å²) in [5, 5.41) is 5.64. The molecular formula is C15H21BrN2O2. The molecule has 5 heteroatoms. The molecule has 110 valence electrons. The molecule has 0 saturated carbocycles. The standard InChI is InChI=1S/C15H21BrN2O2/c1-4-12(16)15(20)18-13-8-6-5-7-11(13)14(19)17-9-10(2)3/h5-8,10,12H,4,9H2,1-3H3,(H,17,19)(H,18,20). The average Bonchev–Trinajstić information content (AvgIpc) is 2.44. The molecule has 1 unspecified atom stereocenters. The lowest BCUT2D eigenvalue weighted by molar-refractivity contribution is -0.115. The van der Waals surface area contributed by atoms with Crippen molar-refractivity contribution in [1.29, 1.82) is 0 Å². The van der Waals surface area contributed by atoms with Crippen molar-refractivity contribution in [3.05, 3.63) is 29.8 Å². The third kappa shape index (κ3) is 4.96.